The molecule has 0 fully saturated rings. The number of aromatic nitrogens is 2. The van der Waals surface area contributed by atoms with Gasteiger partial charge in [0.25, 0.3) is 0 Å². The maximum atomic E-state index is 11.5. The van der Waals surface area contributed by atoms with E-state index in [1.807, 2.05) is 36.5 Å². The van der Waals surface area contributed by atoms with E-state index >= 15 is 0 Å². The fourth-order valence-corrected chi connectivity index (χ4v) is 1.72. The number of rotatable bonds is 7. The summed E-state index contributed by atoms with van der Waals surface area (Å²) in [6, 6.07) is 9.85. The second-order valence-electron chi connectivity index (χ2n) is 4.33. The van der Waals surface area contributed by atoms with E-state index in [2.05, 4.69) is 22.3 Å². The van der Waals surface area contributed by atoms with Crippen LogP contribution < -0.4 is 10.6 Å². The van der Waals surface area contributed by atoms with E-state index in [0.29, 0.717) is 19.6 Å². The summed E-state index contributed by atoms with van der Waals surface area (Å²) in [4.78, 5) is 11.5. The molecule has 0 atom stereocenters. The van der Waals surface area contributed by atoms with Gasteiger partial charge in [-0.2, -0.15) is 5.10 Å². The van der Waals surface area contributed by atoms with Crippen LogP contribution in [-0.2, 0) is 11.3 Å². The van der Waals surface area contributed by atoms with Gasteiger partial charge < -0.3 is 10.6 Å². The van der Waals surface area contributed by atoms with Gasteiger partial charge in [-0.3, -0.25) is 4.79 Å². The summed E-state index contributed by atoms with van der Waals surface area (Å²) in [6.07, 6.45) is 5.38. The van der Waals surface area contributed by atoms with Crippen molar-refractivity contribution in [3.8, 4) is 5.69 Å². The fourth-order valence-electron chi connectivity index (χ4n) is 1.72. The first-order valence-electron chi connectivity index (χ1n) is 6.47. The second-order valence-corrected chi connectivity index (χ2v) is 4.33. The van der Waals surface area contributed by atoms with Gasteiger partial charge >= 0.3 is 0 Å². The van der Waals surface area contributed by atoms with Crippen molar-refractivity contribution in [2.24, 2.45) is 0 Å². The number of para-hydroxylation sites is 1. The predicted molar refractivity (Wildman–Crippen MR) is 78.5 cm³/mol. The molecule has 0 radical (unpaired) electrons. The molecule has 0 bridgehead atoms. The number of nitrogens with zero attached hydrogens (tertiary/aromatic N) is 2. The Morgan fingerprint density at radius 2 is 2.15 bits per heavy atom. The van der Waals surface area contributed by atoms with Gasteiger partial charge in [0, 0.05) is 24.8 Å². The van der Waals surface area contributed by atoms with E-state index < -0.39 is 0 Å². The lowest BCUT2D eigenvalue weighted by Gasteiger charge is -2.03. The number of carbonyl (C=O) groups is 1. The van der Waals surface area contributed by atoms with Crippen LogP contribution in [0.25, 0.3) is 5.69 Å². The molecule has 0 aliphatic carbocycles. The van der Waals surface area contributed by atoms with Gasteiger partial charge in [0.2, 0.25) is 5.91 Å². The lowest BCUT2D eigenvalue weighted by molar-refractivity contribution is -0.120. The Hall–Kier alpha value is -2.40. The third-order valence-corrected chi connectivity index (χ3v) is 2.72. The summed E-state index contributed by atoms with van der Waals surface area (Å²) in [7, 11) is 0. The van der Waals surface area contributed by atoms with Gasteiger partial charge in [0.1, 0.15) is 0 Å². The van der Waals surface area contributed by atoms with Crippen molar-refractivity contribution in [3.05, 3.63) is 60.9 Å². The summed E-state index contributed by atoms with van der Waals surface area (Å²) in [5.41, 5.74) is 1.96. The molecule has 0 aliphatic rings. The lowest BCUT2D eigenvalue weighted by Crippen LogP contribution is -2.33. The third-order valence-electron chi connectivity index (χ3n) is 2.72. The van der Waals surface area contributed by atoms with E-state index in [4.69, 9.17) is 0 Å². The van der Waals surface area contributed by atoms with Gasteiger partial charge in [0.15, 0.2) is 0 Å². The average molecular weight is 270 g/mol. The molecule has 20 heavy (non-hydrogen) atoms. The van der Waals surface area contributed by atoms with E-state index in [1.54, 1.807) is 17.0 Å². The van der Waals surface area contributed by atoms with Crippen molar-refractivity contribution in [1.82, 2.24) is 20.4 Å². The molecule has 2 rings (SSSR count). The molecule has 5 nitrogen and oxygen atoms in total. The quantitative estimate of drug-likeness (QED) is 0.588. The molecule has 1 heterocycles. The maximum Gasteiger partial charge on any atom is 0.234 e. The van der Waals surface area contributed by atoms with Crippen molar-refractivity contribution in [2.75, 3.05) is 13.1 Å². The summed E-state index contributed by atoms with van der Waals surface area (Å²) >= 11 is 0. The van der Waals surface area contributed by atoms with Gasteiger partial charge in [-0.1, -0.05) is 24.3 Å². The number of hydrogen-bond acceptors (Lipinski definition) is 3. The molecule has 1 aromatic carbocycles. The van der Waals surface area contributed by atoms with Crippen molar-refractivity contribution >= 4 is 5.91 Å². The monoisotopic (exact) mass is 270 g/mol. The van der Waals surface area contributed by atoms with Crippen LogP contribution in [0.5, 0.6) is 0 Å². The van der Waals surface area contributed by atoms with E-state index in [-0.39, 0.29) is 5.91 Å². The van der Waals surface area contributed by atoms with Crippen molar-refractivity contribution in [1.29, 1.82) is 0 Å². The standard InChI is InChI=1S/C15H18N4O/c1-2-8-16-11-15(20)17-9-13-10-18-19(12-13)14-6-4-3-5-7-14/h2-7,10,12,16H,1,8-9,11H2,(H,17,20). The van der Waals surface area contributed by atoms with Gasteiger partial charge in [-0.25, -0.2) is 4.68 Å². The Morgan fingerprint density at radius 1 is 1.35 bits per heavy atom. The normalized spacial score (nSPS) is 10.2. The molecule has 0 saturated carbocycles. The number of benzene rings is 1. The molecule has 5 heteroatoms. The molecule has 104 valence electrons. The number of amides is 1. The highest BCUT2D eigenvalue weighted by atomic mass is 16.1. The van der Waals surface area contributed by atoms with Crippen LogP contribution in [0, 0.1) is 0 Å². The largest absolute Gasteiger partial charge is 0.351 e. The van der Waals surface area contributed by atoms with E-state index in [9.17, 15) is 4.79 Å². The second kappa shape index (κ2) is 7.25. The van der Waals surface area contributed by atoms with Gasteiger partial charge in [0.05, 0.1) is 18.4 Å². The first kappa shape index (κ1) is 14.0. The summed E-state index contributed by atoms with van der Waals surface area (Å²) in [5, 5.41) is 10.1. The van der Waals surface area contributed by atoms with Crippen LogP contribution >= 0.6 is 0 Å². The minimum absolute atomic E-state index is 0.0423. The Labute approximate surface area is 118 Å². The van der Waals surface area contributed by atoms with Crippen molar-refractivity contribution in [2.45, 2.75) is 6.54 Å². The molecule has 2 aromatic rings. The SMILES string of the molecule is C=CCNCC(=O)NCc1cnn(-c2ccccc2)c1. The maximum absolute atomic E-state index is 11.5. The Kier molecular flexibility index (Phi) is 5.08. The average Bonchev–Trinajstić information content (AvgIpc) is 2.95. The number of nitrogens with one attached hydrogen (secondary N) is 2. The van der Waals surface area contributed by atoms with Gasteiger partial charge in [-0.05, 0) is 12.1 Å². The van der Waals surface area contributed by atoms with Crippen LogP contribution in [0.2, 0.25) is 0 Å². The smallest absolute Gasteiger partial charge is 0.234 e. The minimum atomic E-state index is -0.0423. The highest BCUT2D eigenvalue weighted by Gasteiger charge is 2.03. The highest BCUT2D eigenvalue weighted by molar-refractivity contribution is 5.77. The fraction of sp³-hybridized carbons (Fsp3) is 0.200. The van der Waals surface area contributed by atoms with Crippen LogP contribution in [0.3, 0.4) is 0 Å². The molecule has 0 unspecified atom stereocenters. The Balaban J connectivity index is 1.84. The summed E-state index contributed by atoms with van der Waals surface area (Å²) in [6.45, 7) is 4.97. The first-order valence-corrected chi connectivity index (χ1v) is 6.47. The molecule has 2 N–H and O–H groups in total. The number of hydrogen-bond donors (Lipinski definition) is 2. The molecule has 1 amide bonds. The van der Waals surface area contributed by atoms with E-state index in [1.165, 1.54) is 0 Å². The third kappa shape index (κ3) is 4.07. The Bertz CT molecular complexity index is 562. The highest BCUT2D eigenvalue weighted by Crippen LogP contribution is 2.07. The van der Waals surface area contributed by atoms with Crippen molar-refractivity contribution < 1.29 is 4.79 Å². The zero-order valence-electron chi connectivity index (χ0n) is 11.2. The topological polar surface area (TPSA) is 59.0 Å². The summed E-state index contributed by atoms with van der Waals surface area (Å²) < 4.78 is 1.79. The molecule has 0 spiro atoms. The lowest BCUT2D eigenvalue weighted by atomic mass is 10.3. The molecular weight excluding hydrogens is 252 g/mol. The Morgan fingerprint density at radius 3 is 2.90 bits per heavy atom. The van der Waals surface area contributed by atoms with Crippen LogP contribution in [0.1, 0.15) is 5.56 Å². The first-order chi connectivity index (χ1) is 9.79. The number of carbonyl (C=O) groups excluding carboxylic acids is 1. The molecule has 1 aromatic heterocycles. The van der Waals surface area contributed by atoms with Crippen LogP contribution in [-0.4, -0.2) is 28.8 Å². The zero-order valence-corrected chi connectivity index (χ0v) is 11.2. The zero-order chi connectivity index (χ0) is 14.2. The molecule has 0 saturated heterocycles. The predicted octanol–water partition coefficient (Wildman–Crippen LogP) is 1.26. The molecule has 0 aliphatic heterocycles. The van der Waals surface area contributed by atoms with E-state index in [0.717, 1.165) is 11.3 Å². The van der Waals surface area contributed by atoms with Crippen LogP contribution in [0.4, 0.5) is 0 Å². The van der Waals surface area contributed by atoms with Gasteiger partial charge in [-0.15, -0.1) is 6.58 Å². The minimum Gasteiger partial charge on any atom is -0.351 e. The van der Waals surface area contributed by atoms with Crippen molar-refractivity contribution in [3.63, 3.8) is 0 Å². The van der Waals surface area contributed by atoms with Crippen LogP contribution in [0.15, 0.2) is 55.4 Å². The molecular formula is C15H18N4O. The summed E-state index contributed by atoms with van der Waals surface area (Å²) in [5.74, 6) is -0.0423.